The van der Waals surface area contributed by atoms with Gasteiger partial charge < -0.3 is 16.0 Å². The molecule has 0 bridgehead atoms. The summed E-state index contributed by atoms with van der Waals surface area (Å²) >= 11 is 0. The number of nitrogens with zero attached hydrogens (tertiary/aromatic N) is 1. The van der Waals surface area contributed by atoms with Gasteiger partial charge in [0.05, 0.1) is 5.92 Å². The SMILES string of the molecule is NCc1cccc(CC(C(=O)Nc2ccc(N3CCCCC3=O)cc2)c2ccccc2)c1. The van der Waals surface area contributed by atoms with Crippen LogP contribution in [0.15, 0.2) is 78.9 Å². The van der Waals surface area contributed by atoms with E-state index in [1.165, 1.54) is 0 Å². The molecule has 0 saturated carbocycles. The van der Waals surface area contributed by atoms with E-state index in [2.05, 4.69) is 11.4 Å². The third-order valence-electron chi connectivity index (χ3n) is 5.96. The average molecular weight is 428 g/mol. The highest BCUT2D eigenvalue weighted by Crippen LogP contribution is 2.26. The summed E-state index contributed by atoms with van der Waals surface area (Å²) in [7, 11) is 0. The second-order valence-corrected chi connectivity index (χ2v) is 8.23. The van der Waals surface area contributed by atoms with E-state index in [4.69, 9.17) is 5.73 Å². The molecule has 3 aromatic carbocycles. The highest BCUT2D eigenvalue weighted by molar-refractivity contribution is 5.97. The molecule has 4 rings (SSSR count). The Morgan fingerprint density at radius 2 is 1.69 bits per heavy atom. The molecule has 1 atom stereocenters. The van der Waals surface area contributed by atoms with E-state index in [0.717, 1.165) is 47.5 Å². The number of rotatable bonds is 7. The van der Waals surface area contributed by atoms with Gasteiger partial charge in [-0.3, -0.25) is 9.59 Å². The Kier molecular flexibility index (Phi) is 6.97. The van der Waals surface area contributed by atoms with Crippen molar-refractivity contribution in [3.05, 3.63) is 95.6 Å². The zero-order valence-corrected chi connectivity index (χ0v) is 18.2. The molecule has 0 aliphatic carbocycles. The van der Waals surface area contributed by atoms with Crippen LogP contribution in [-0.4, -0.2) is 18.4 Å². The molecule has 0 spiro atoms. The van der Waals surface area contributed by atoms with Crippen LogP contribution >= 0.6 is 0 Å². The maximum atomic E-state index is 13.3. The molecule has 5 heteroatoms. The van der Waals surface area contributed by atoms with Crippen molar-refractivity contribution in [1.29, 1.82) is 0 Å². The van der Waals surface area contributed by atoms with Gasteiger partial charge in [-0.2, -0.15) is 0 Å². The number of benzene rings is 3. The summed E-state index contributed by atoms with van der Waals surface area (Å²) in [5.41, 5.74) is 10.5. The standard InChI is InChI=1S/C27H29N3O2/c28-19-21-8-6-7-20(17-21)18-25(22-9-2-1-3-10-22)27(32)29-23-12-14-24(15-13-23)30-16-5-4-11-26(30)31/h1-3,6-10,12-15,17,25H,4-5,11,16,18-19,28H2,(H,29,32). The zero-order valence-electron chi connectivity index (χ0n) is 18.2. The summed E-state index contributed by atoms with van der Waals surface area (Å²) in [5, 5.41) is 3.06. The summed E-state index contributed by atoms with van der Waals surface area (Å²) in [6, 6.07) is 25.5. The Hall–Kier alpha value is -3.44. The maximum Gasteiger partial charge on any atom is 0.232 e. The molecule has 3 aromatic rings. The molecule has 3 N–H and O–H groups in total. The average Bonchev–Trinajstić information content (AvgIpc) is 2.84. The van der Waals surface area contributed by atoms with Gasteiger partial charge >= 0.3 is 0 Å². The smallest absolute Gasteiger partial charge is 0.232 e. The Morgan fingerprint density at radius 3 is 2.41 bits per heavy atom. The molecule has 164 valence electrons. The second kappa shape index (κ2) is 10.2. The molecule has 32 heavy (non-hydrogen) atoms. The lowest BCUT2D eigenvalue weighted by molar-refractivity contribution is -0.119. The summed E-state index contributed by atoms with van der Waals surface area (Å²) < 4.78 is 0. The van der Waals surface area contributed by atoms with E-state index in [1.54, 1.807) is 0 Å². The number of nitrogens with one attached hydrogen (secondary N) is 1. The van der Waals surface area contributed by atoms with Gasteiger partial charge in [0.25, 0.3) is 0 Å². The van der Waals surface area contributed by atoms with Crippen LogP contribution in [0.3, 0.4) is 0 Å². The van der Waals surface area contributed by atoms with Gasteiger partial charge in [0.1, 0.15) is 0 Å². The van der Waals surface area contributed by atoms with Crippen molar-refractivity contribution in [2.75, 3.05) is 16.8 Å². The molecule has 1 aliphatic rings. The molecule has 1 saturated heterocycles. The highest BCUT2D eigenvalue weighted by atomic mass is 16.2. The van der Waals surface area contributed by atoms with Crippen LogP contribution in [-0.2, 0) is 22.6 Å². The molecule has 5 nitrogen and oxygen atoms in total. The number of nitrogens with two attached hydrogens (primary N) is 1. The van der Waals surface area contributed by atoms with E-state index in [9.17, 15) is 9.59 Å². The van der Waals surface area contributed by atoms with Gasteiger partial charge in [-0.25, -0.2) is 0 Å². The predicted molar refractivity (Wildman–Crippen MR) is 128 cm³/mol. The number of carbonyl (C=O) groups excluding carboxylic acids is 2. The Morgan fingerprint density at radius 1 is 0.938 bits per heavy atom. The fourth-order valence-electron chi connectivity index (χ4n) is 4.20. The molecule has 0 aromatic heterocycles. The summed E-state index contributed by atoms with van der Waals surface area (Å²) in [6.45, 7) is 1.23. The normalized spacial score (nSPS) is 14.8. The maximum absolute atomic E-state index is 13.3. The summed E-state index contributed by atoms with van der Waals surface area (Å²) in [5.74, 6) is -0.222. The third kappa shape index (κ3) is 5.24. The molecule has 0 radical (unpaired) electrons. The quantitative estimate of drug-likeness (QED) is 0.577. The molecular weight excluding hydrogens is 398 g/mol. The number of amides is 2. The zero-order chi connectivity index (χ0) is 22.3. The van der Waals surface area contributed by atoms with Gasteiger partial charge in [-0.05, 0) is 60.2 Å². The van der Waals surface area contributed by atoms with Gasteiger partial charge in [0.2, 0.25) is 11.8 Å². The van der Waals surface area contributed by atoms with E-state index in [0.29, 0.717) is 19.4 Å². The van der Waals surface area contributed by atoms with Gasteiger partial charge in [0, 0.05) is 30.9 Å². The fourth-order valence-corrected chi connectivity index (χ4v) is 4.20. The van der Waals surface area contributed by atoms with Crippen molar-refractivity contribution in [2.24, 2.45) is 5.73 Å². The molecule has 1 heterocycles. The van der Waals surface area contributed by atoms with Crippen molar-refractivity contribution >= 4 is 23.2 Å². The Labute approximate surface area is 189 Å². The van der Waals surface area contributed by atoms with Crippen molar-refractivity contribution < 1.29 is 9.59 Å². The Balaban J connectivity index is 1.51. The van der Waals surface area contributed by atoms with Crippen molar-refractivity contribution in [3.63, 3.8) is 0 Å². The topological polar surface area (TPSA) is 75.4 Å². The van der Waals surface area contributed by atoms with E-state index in [-0.39, 0.29) is 17.7 Å². The largest absolute Gasteiger partial charge is 0.326 e. The molecule has 1 fully saturated rings. The first-order valence-electron chi connectivity index (χ1n) is 11.2. The van der Waals surface area contributed by atoms with Gasteiger partial charge in [-0.15, -0.1) is 0 Å². The van der Waals surface area contributed by atoms with Crippen LogP contribution in [0.5, 0.6) is 0 Å². The first-order chi connectivity index (χ1) is 15.6. The summed E-state index contributed by atoms with van der Waals surface area (Å²) in [4.78, 5) is 27.3. The number of anilines is 2. The second-order valence-electron chi connectivity index (χ2n) is 8.23. The van der Waals surface area contributed by atoms with Crippen molar-refractivity contribution in [1.82, 2.24) is 0 Å². The minimum absolute atomic E-state index is 0.0591. The van der Waals surface area contributed by atoms with Gasteiger partial charge in [-0.1, -0.05) is 54.6 Å². The lowest BCUT2D eigenvalue weighted by Gasteiger charge is -2.27. The first kappa shape index (κ1) is 21.8. The molecule has 2 amide bonds. The number of hydrogen-bond donors (Lipinski definition) is 2. The lowest BCUT2D eigenvalue weighted by Crippen LogP contribution is -2.35. The highest BCUT2D eigenvalue weighted by Gasteiger charge is 2.22. The minimum Gasteiger partial charge on any atom is -0.326 e. The first-order valence-corrected chi connectivity index (χ1v) is 11.2. The Bertz CT molecular complexity index is 1060. The van der Waals surface area contributed by atoms with Crippen LogP contribution < -0.4 is 16.0 Å². The fraction of sp³-hybridized carbons (Fsp3) is 0.259. The van der Waals surface area contributed by atoms with Gasteiger partial charge in [0.15, 0.2) is 0 Å². The number of piperidine rings is 1. The molecular formula is C27H29N3O2. The number of hydrogen-bond acceptors (Lipinski definition) is 3. The van der Waals surface area contributed by atoms with Crippen LogP contribution in [0.2, 0.25) is 0 Å². The van der Waals surface area contributed by atoms with Crippen LogP contribution in [0, 0.1) is 0 Å². The molecule has 1 unspecified atom stereocenters. The monoisotopic (exact) mass is 427 g/mol. The van der Waals surface area contributed by atoms with E-state index in [1.807, 2.05) is 77.7 Å². The van der Waals surface area contributed by atoms with E-state index >= 15 is 0 Å². The van der Waals surface area contributed by atoms with E-state index < -0.39 is 0 Å². The van der Waals surface area contributed by atoms with Crippen molar-refractivity contribution in [3.8, 4) is 0 Å². The summed E-state index contributed by atoms with van der Waals surface area (Å²) in [6.07, 6.45) is 3.17. The molecule has 1 aliphatic heterocycles. The van der Waals surface area contributed by atoms with Crippen molar-refractivity contribution in [2.45, 2.75) is 38.1 Å². The minimum atomic E-state index is -0.326. The van der Waals surface area contributed by atoms with Crippen LogP contribution in [0.4, 0.5) is 11.4 Å². The lowest BCUT2D eigenvalue weighted by atomic mass is 9.90. The predicted octanol–water partition coefficient (Wildman–Crippen LogP) is 4.63. The number of carbonyl (C=O) groups is 2. The van der Waals surface area contributed by atoms with Crippen LogP contribution in [0.1, 0.15) is 41.9 Å². The van der Waals surface area contributed by atoms with Crippen LogP contribution in [0.25, 0.3) is 0 Å². The third-order valence-corrected chi connectivity index (χ3v) is 5.96.